The normalized spacial score (nSPS) is 17.1. The first-order chi connectivity index (χ1) is 12.0. The van der Waals surface area contributed by atoms with Crippen molar-refractivity contribution < 1.29 is 4.79 Å². The topological polar surface area (TPSA) is 66.1 Å². The van der Waals surface area contributed by atoms with Crippen LogP contribution in [-0.2, 0) is 11.2 Å². The van der Waals surface area contributed by atoms with Crippen LogP contribution in [-0.4, -0.2) is 27.3 Å². The van der Waals surface area contributed by atoms with Gasteiger partial charge in [0, 0.05) is 24.2 Å². The van der Waals surface area contributed by atoms with Gasteiger partial charge in [-0.05, 0) is 45.6 Å². The van der Waals surface area contributed by atoms with Crippen LogP contribution in [0.2, 0.25) is 0 Å². The van der Waals surface area contributed by atoms with Crippen LogP contribution in [0.4, 0.5) is 0 Å². The lowest BCUT2D eigenvalue weighted by Crippen LogP contribution is -2.31. The predicted molar refractivity (Wildman–Crippen MR) is 97.5 cm³/mol. The Kier molecular flexibility index (Phi) is 5.02. The minimum Gasteiger partial charge on any atom is -0.336 e. The third-order valence-electron chi connectivity index (χ3n) is 4.96. The van der Waals surface area contributed by atoms with Gasteiger partial charge >= 0.3 is 0 Å². The fourth-order valence-electron chi connectivity index (χ4n) is 3.62. The Hall–Kier alpha value is -2.43. The average Bonchev–Trinajstić information content (AvgIpc) is 3.04. The molecular formula is C20H25N3O2. The van der Waals surface area contributed by atoms with Gasteiger partial charge in [0.25, 0.3) is 5.56 Å². The van der Waals surface area contributed by atoms with Gasteiger partial charge < -0.3 is 9.88 Å². The zero-order valence-corrected chi connectivity index (χ0v) is 15.1. The van der Waals surface area contributed by atoms with Crippen molar-refractivity contribution in [3.8, 4) is 0 Å². The van der Waals surface area contributed by atoms with E-state index in [1.807, 2.05) is 11.8 Å². The first-order valence-electron chi connectivity index (χ1n) is 8.88. The number of hydrogen-bond donors (Lipinski definition) is 1. The predicted octanol–water partition coefficient (Wildman–Crippen LogP) is 2.99. The van der Waals surface area contributed by atoms with Crippen LogP contribution in [0, 0.1) is 20.8 Å². The molecule has 25 heavy (non-hydrogen) atoms. The van der Waals surface area contributed by atoms with Crippen molar-refractivity contribution in [3.05, 3.63) is 62.8 Å². The standard InChI is InChI=1S/C20H25N3O2/c1-13-6-8-16(9-7-13)18-5-4-12-23(18)19(24)11-10-17-14(2)21-15(3)22-20(17)25/h6-9,18H,4-5,10-12H2,1-3H3,(H,21,22,25). The number of benzene rings is 1. The van der Waals surface area contributed by atoms with Gasteiger partial charge in [0.2, 0.25) is 5.91 Å². The first kappa shape index (κ1) is 17.4. The zero-order valence-electron chi connectivity index (χ0n) is 15.1. The van der Waals surface area contributed by atoms with E-state index in [2.05, 4.69) is 41.2 Å². The Morgan fingerprint density at radius 2 is 1.96 bits per heavy atom. The second-order valence-electron chi connectivity index (χ2n) is 6.87. The summed E-state index contributed by atoms with van der Waals surface area (Å²) in [6, 6.07) is 8.58. The van der Waals surface area contributed by atoms with Crippen LogP contribution in [0.5, 0.6) is 0 Å². The molecule has 1 N–H and O–H groups in total. The molecule has 5 heteroatoms. The van der Waals surface area contributed by atoms with E-state index in [1.165, 1.54) is 11.1 Å². The smallest absolute Gasteiger partial charge is 0.254 e. The second-order valence-corrected chi connectivity index (χ2v) is 6.87. The third-order valence-corrected chi connectivity index (χ3v) is 4.96. The lowest BCUT2D eigenvalue weighted by atomic mass is 10.0. The van der Waals surface area contributed by atoms with E-state index < -0.39 is 0 Å². The van der Waals surface area contributed by atoms with Gasteiger partial charge in [-0.25, -0.2) is 4.98 Å². The molecule has 1 aliphatic heterocycles. The van der Waals surface area contributed by atoms with Crippen LogP contribution in [0.1, 0.15) is 53.5 Å². The molecule has 0 spiro atoms. The molecule has 1 aromatic carbocycles. The van der Waals surface area contributed by atoms with Gasteiger partial charge in [0.05, 0.1) is 6.04 Å². The summed E-state index contributed by atoms with van der Waals surface area (Å²) in [6.45, 7) is 6.45. The lowest BCUT2D eigenvalue weighted by molar-refractivity contribution is -0.132. The van der Waals surface area contributed by atoms with Crippen LogP contribution in [0.3, 0.4) is 0 Å². The Balaban J connectivity index is 1.70. The lowest BCUT2D eigenvalue weighted by Gasteiger charge is -2.25. The number of aromatic amines is 1. The van der Waals surface area contributed by atoms with Gasteiger partial charge in [-0.2, -0.15) is 0 Å². The molecule has 1 amide bonds. The number of rotatable bonds is 4. The van der Waals surface area contributed by atoms with Gasteiger partial charge in [-0.3, -0.25) is 9.59 Å². The molecule has 3 rings (SSSR count). The number of likely N-dealkylation sites (tertiary alicyclic amines) is 1. The molecule has 132 valence electrons. The SMILES string of the molecule is Cc1ccc(C2CCCN2C(=O)CCc2c(C)nc(C)[nH]c2=O)cc1. The van der Waals surface area contributed by atoms with Crippen LogP contribution in [0.15, 0.2) is 29.1 Å². The van der Waals surface area contributed by atoms with E-state index in [4.69, 9.17) is 0 Å². The van der Waals surface area contributed by atoms with Crippen molar-refractivity contribution >= 4 is 5.91 Å². The Bertz CT molecular complexity index is 824. The molecule has 1 aromatic heterocycles. The molecule has 0 bridgehead atoms. The van der Waals surface area contributed by atoms with Gasteiger partial charge in [-0.15, -0.1) is 0 Å². The van der Waals surface area contributed by atoms with E-state index in [9.17, 15) is 9.59 Å². The highest BCUT2D eigenvalue weighted by molar-refractivity contribution is 5.77. The molecule has 5 nitrogen and oxygen atoms in total. The van der Waals surface area contributed by atoms with Crippen molar-refractivity contribution in [1.29, 1.82) is 0 Å². The molecule has 0 aliphatic carbocycles. The Labute approximate surface area is 148 Å². The molecular weight excluding hydrogens is 314 g/mol. The number of aromatic nitrogens is 2. The van der Waals surface area contributed by atoms with E-state index in [1.54, 1.807) is 6.92 Å². The fraction of sp³-hybridized carbons (Fsp3) is 0.450. The summed E-state index contributed by atoms with van der Waals surface area (Å²) in [4.78, 5) is 33.8. The summed E-state index contributed by atoms with van der Waals surface area (Å²) in [7, 11) is 0. The number of amides is 1. The minimum atomic E-state index is -0.130. The zero-order chi connectivity index (χ0) is 18.0. The van der Waals surface area contributed by atoms with Crippen molar-refractivity contribution in [2.45, 2.75) is 52.5 Å². The van der Waals surface area contributed by atoms with Crippen molar-refractivity contribution in [2.24, 2.45) is 0 Å². The van der Waals surface area contributed by atoms with E-state index in [0.29, 0.717) is 29.9 Å². The van der Waals surface area contributed by atoms with Crippen LogP contribution >= 0.6 is 0 Å². The van der Waals surface area contributed by atoms with E-state index in [-0.39, 0.29) is 17.5 Å². The summed E-state index contributed by atoms with van der Waals surface area (Å²) in [6.07, 6.45) is 2.80. The van der Waals surface area contributed by atoms with E-state index >= 15 is 0 Å². The fourth-order valence-corrected chi connectivity index (χ4v) is 3.62. The van der Waals surface area contributed by atoms with Crippen LogP contribution in [0.25, 0.3) is 0 Å². The Morgan fingerprint density at radius 3 is 2.64 bits per heavy atom. The molecule has 1 unspecified atom stereocenters. The minimum absolute atomic E-state index is 0.113. The molecule has 2 heterocycles. The van der Waals surface area contributed by atoms with E-state index in [0.717, 1.165) is 19.4 Å². The molecule has 1 atom stereocenters. The van der Waals surface area contributed by atoms with Crippen molar-refractivity contribution in [3.63, 3.8) is 0 Å². The van der Waals surface area contributed by atoms with Gasteiger partial charge in [0.15, 0.2) is 0 Å². The molecule has 1 aliphatic rings. The maximum absolute atomic E-state index is 12.8. The number of nitrogens with one attached hydrogen (secondary N) is 1. The molecule has 2 aromatic rings. The summed E-state index contributed by atoms with van der Waals surface area (Å²) in [5, 5.41) is 0. The molecule has 1 saturated heterocycles. The number of nitrogens with zero attached hydrogens (tertiary/aromatic N) is 2. The third kappa shape index (κ3) is 3.81. The van der Waals surface area contributed by atoms with Crippen molar-refractivity contribution in [2.75, 3.05) is 6.54 Å². The highest BCUT2D eigenvalue weighted by atomic mass is 16.2. The number of H-pyrrole nitrogens is 1. The maximum Gasteiger partial charge on any atom is 0.254 e. The monoisotopic (exact) mass is 339 g/mol. The first-order valence-corrected chi connectivity index (χ1v) is 8.88. The summed E-state index contributed by atoms with van der Waals surface area (Å²) in [5.74, 6) is 0.721. The van der Waals surface area contributed by atoms with Gasteiger partial charge in [0.1, 0.15) is 5.82 Å². The summed E-state index contributed by atoms with van der Waals surface area (Å²) >= 11 is 0. The van der Waals surface area contributed by atoms with Crippen LogP contribution < -0.4 is 5.56 Å². The number of carbonyl (C=O) groups excluding carboxylic acids is 1. The van der Waals surface area contributed by atoms with Crippen molar-refractivity contribution in [1.82, 2.24) is 14.9 Å². The number of hydrogen-bond acceptors (Lipinski definition) is 3. The number of aryl methyl sites for hydroxylation is 3. The van der Waals surface area contributed by atoms with Gasteiger partial charge in [-0.1, -0.05) is 29.8 Å². The highest BCUT2D eigenvalue weighted by Crippen LogP contribution is 2.32. The quantitative estimate of drug-likeness (QED) is 0.931. The largest absolute Gasteiger partial charge is 0.336 e. The summed E-state index contributed by atoms with van der Waals surface area (Å²) in [5.41, 5.74) is 3.62. The molecule has 1 fully saturated rings. The molecule has 0 radical (unpaired) electrons. The molecule has 0 saturated carbocycles. The Morgan fingerprint density at radius 1 is 1.24 bits per heavy atom. The summed E-state index contributed by atoms with van der Waals surface area (Å²) < 4.78 is 0. The average molecular weight is 339 g/mol. The number of carbonyl (C=O) groups is 1. The maximum atomic E-state index is 12.8. The highest BCUT2D eigenvalue weighted by Gasteiger charge is 2.29. The second kappa shape index (κ2) is 7.21.